The highest BCUT2D eigenvalue weighted by atomic mass is 32.2. The number of anilines is 2. The van der Waals surface area contributed by atoms with Crippen molar-refractivity contribution in [2.24, 2.45) is 5.41 Å². The van der Waals surface area contributed by atoms with E-state index in [2.05, 4.69) is 75.3 Å². The zero-order chi connectivity index (χ0) is 53.4. The number of rotatable bonds is 17. The van der Waals surface area contributed by atoms with Crippen LogP contribution in [0.1, 0.15) is 91.4 Å². The number of carbonyl (C=O) groups excluding carboxylic acids is 1. The molecule has 3 aliphatic heterocycles. The van der Waals surface area contributed by atoms with Gasteiger partial charge in [-0.25, -0.2) is 26.9 Å². The number of nitro groups is 1. The maximum absolute atomic E-state index is 16.6. The molecule has 1 aliphatic carbocycles. The molecule has 4 aromatic carbocycles. The molecule has 1 saturated carbocycles. The van der Waals surface area contributed by atoms with Gasteiger partial charge in [0.1, 0.15) is 34.3 Å². The maximum Gasteiger partial charge on any atom is 0.293 e. The zero-order valence-electron chi connectivity index (χ0n) is 43.2. The van der Waals surface area contributed by atoms with Crippen LogP contribution in [0.2, 0.25) is 0 Å². The number of piperazine rings is 1. The van der Waals surface area contributed by atoms with Gasteiger partial charge in [-0.3, -0.25) is 24.7 Å². The van der Waals surface area contributed by atoms with E-state index in [-0.39, 0.29) is 66.9 Å². The molecule has 402 valence electrons. The average Bonchev–Trinajstić information content (AvgIpc) is 3.93. The SMILES string of the molecule is COc1ccc(CN2CCN(C3CC4(CCN(c5cc(Oc6cnc7[nH]ccc7c6)c(C(=O)NS(=O)(=O)c6ccc(NCC7(F)CCOCC7)c([N+](=O)[O-])c6)cc5F)CC4)C3)[C@H](c3ccccc3C(C)C)C2)cc1OC. The number of amides is 1. The molecule has 76 heavy (non-hydrogen) atoms. The summed E-state index contributed by atoms with van der Waals surface area (Å²) < 4.78 is 84.1. The van der Waals surface area contributed by atoms with Crippen LogP contribution >= 0.6 is 0 Å². The predicted molar refractivity (Wildman–Crippen MR) is 284 cm³/mol. The summed E-state index contributed by atoms with van der Waals surface area (Å²) in [4.78, 5) is 39.4. The Labute approximate surface area is 441 Å². The van der Waals surface area contributed by atoms with Gasteiger partial charge in [0, 0.05) is 108 Å². The normalized spacial score (nSPS) is 19.1. The number of nitrogens with zero attached hydrogens (tertiary/aromatic N) is 5. The third-order valence-corrected chi connectivity index (χ3v) is 17.2. The Morgan fingerprint density at radius 3 is 2.43 bits per heavy atom. The molecule has 0 radical (unpaired) electrons. The second-order valence-electron chi connectivity index (χ2n) is 21.0. The van der Waals surface area contributed by atoms with Crippen LogP contribution in [-0.4, -0.2) is 117 Å². The molecule has 0 unspecified atom stereocenters. The van der Waals surface area contributed by atoms with Crippen molar-refractivity contribution in [3.8, 4) is 23.0 Å². The van der Waals surface area contributed by atoms with Crippen LogP contribution in [0.5, 0.6) is 23.0 Å². The predicted octanol–water partition coefficient (Wildman–Crippen LogP) is 9.90. The van der Waals surface area contributed by atoms with Gasteiger partial charge >= 0.3 is 0 Å². The molecule has 3 N–H and O–H groups in total. The van der Waals surface area contributed by atoms with E-state index in [0.717, 1.165) is 81.7 Å². The van der Waals surface area contributed by atoms with Crippen molar-refractivity contribution in [1.82, 2.24) is 24.5 Å². The quantitative estimate of drug-likeness (QED) is 0.0577. The minimum absolute atomic E-state index is 0.0747. The summed E-state index contributed by atoms with van der Waals surface area (Å²) >= 11 is 0. The number of aromatic nitrogens is 2. The Balaban J connectivity index is 0.851. The van der Waals surface area contributed by atoms with Gasteiger partial charge in [-0.15, -0.1) is 0 Å². The second kappa shape index (κ2) is 21.6. The summed E-state index contributed by atoms with van der Waals surface area (Å²) in [6.45, 7) is 9.24. The summed E-state index contributed by atoms with van der Waals surface area (Å²) in [6.07, 6.45) is 7.02. The Morgan fingerprint density at radius 1 is 0.934 bits per heavy atom. The first-order valence-electron chi connectivity index (χ1n) is 25.9. The molecule has 6 aromatic rings. The van der Waals surface area contributed by atoms with Gasteiger partial charge < -0.3 is 34.1 Å². The van der Waals surface area contributed by atoms with Crippen molar-refractivity contribution >= 4 is 44.0 Å². The Kier molecular flexibility index (Phi) is 15.0. The Morgan fingerprint density at radius 2 is 1.70 bits per heavy atom. The molecule has 17 nitrogen and oxygen atoms in total. The first-order valence-corrected chi connectivity index (χ1v) is 27.3. The van der Waals surface area contributed by atoms with Gasteiger partial charge in [0.2, 0.25) is 0 Å². The van der Waals surface area contributed by atoms with E-state index in [4.69, 9.17) is 18.9 Å². The van der Waals surface area contributed by atoms with E-state index in [0.29, 0.717) is 47.6 Å². The van der Waals surface area contributed by atoms with Gasteiger partial charge in [-0.1, -0.05) is 44.2 Å². The number of H-pyrrole nitrogens is 1. The van der Waals surface area contributed by atoms with Crippen LogP contribution in [-0.2, 0) is 21.3 Å². The fraction of sp³-hybridized carbons (Fsp3) is 0.429. The lowest BCUT2D eigenvalue weighted by molar-refractivity contribution is -0.384. The van der Waals surface area contributed by atoms with E-state index < -0.39 is 48.5 Å². The summed E-state index contributed by atoms with van der Waals surface area (Å²) in [5.41, 5.74) is 1.90. The van der Waals surface area contributed by atoms with Crippen molar-refractivity contribution in [2.45, 2.75) is 87.5 Å². The van der Waals surface area contributed by atoms with Gasteiger partial charge in [0.05, 0.1) is 41.5 Å². The number of halogens is 2. The Bertz CT molecular complexity index is 3230. The van der Waals surface area contributed by atoms with E-state index in [1.54, 1.807) is 32.5 Å². The summed E-state index contributed by atoms with van der Waals surface area (Å²) in [5, 5.41) is 15.6. The highest BCUT2D eigenvalue weighted by molar-refractivity contribution is 7.90. The number of fused-ring (bicyclic) bond motifs is 1. The number of sulfonamides is 1. The minimum atomic E-state index is -4.79. The van der Waals surface area contributed by atoms with Crippen LogP contribution < -0.4 is 29.1 Å². The Hall–Kier alpha value is -6.87. The van der Waals surface area contributed by atoms with E-state index in [1.807, 2.05) is 15.7 Å². The number of nitrogens with one attached hydrogen (secondary N) is 3. The molecule has 20 heteroatoms. The van der Waals surface area contributed by atoms with E-state index >= 15 is 8.78 Å². The average molecular weight is 1060 g/mol. The monoisotopic (exact) mass is 1060 g/mol. The minimum Gasteiger partial charge on any atom is -0.493 e. The third kappa shape index (κ3) is 11.0. The number of methoxy groups -OCH3 is 2. The standard InChI is InChI=1S/C56H64F2N8O9S/c1-36(2)42-7-5-6-8-43(42)49-34-63(33-37-9-12-50(72-3)52(25-37)73-4)21-22-65(49)39-30-55(31-39)14-19-64(20-15-55)47-29-51(75-40-26-38-13-18-59-53(38)60-32-40)44(28-45(47)57)54(67)62-76(70,71)41-10-11-46(48(27-41)66(68)69)61-35-56(58)16-23-74-24-17-56/h5-13,18,25-29,32,36,39,49,61H,14-17,19-24,30-31,33-35H2,1-4H3,(H,59,60)(H,62,67)/t49-/m0/s1. The van der Waals surface area contributed by atoms with Crippen LogP contribution in [0.4, 0.5) is 25.8 Å². The van der Waals surface area contributed by atoms with Crippen molar-refractivity contribution in [1.29, 1.82) is 0 Å². The first-order chi connectivity index (χ1) is 36.5. The van der Waals surface area contributed by atoms with Gasteiger partial charge in [0.15, 0.2) is 11.5 Å². The lowest BCUT2D eigenvalue weighted by Gasteiger charge is -2.58. The largest absolute Gasteiger partial charge is 0.493 e. The van der Waals surface area contributed by atoms with Crippen LogP contribution in [0, 0.1) is 21.3 Å². The number of carbonyl (C=O) groups is 1. The van der Waals surface area contributed by atoms with Crippen LogP contribution in [0.15, 0.2) is 102 Å². The molecule has 1 amide bonds. The van der Waals surface area contributed by atoms with E-state index in [1.165, 1.54) is 23.4 Å². The van der Waals surface area contributed by atoms with Crippen molar-refractivity contribution < 1.29 is 45.9 Å². The number of hydrogen-bond donors (Lipinski definition) is 3. The molecular formula is C56H64F2N8O9S. The maximum atomic E-state index is 16.6. The third-order valence-electron chi connectivity index (χ3n) is 15.9. The molecule has 1 atom stereocenters. The van der Waals surface area contributed by atoms with Crippen LogP contribution in [0.25, 0.3) is 11.0 Å². The number of piperidine rings is 1. The molecule has 5 heterocycles. The number of ether oxygens (including phenoxy) is 4. The second-order valence-corrected chi connectivity index (χ2v) is 22.7. The molecular weight excluding hydrogens is 999 g/mol. The lowest BCUT2D eigenvalue weighted by Crippen LogP contribution is -2.60. The first kappa shape index (κ1) is 52.6. The van der Waals surface area contributed by atoms with Crippen molar-refractivity contribution in [2.75, 3.05) is 76.9 Å². The highest BCUT2D eigenvalue weighted by Gasteiger charge is 2.50. The molecule has 10 rings (SSSR count). The highest BCUT2D eigenvalue weighted by Crippen LogP contribution is 2.54. The fourth-order valence-corrected chi connectivity index (χ4v) is 12.6. The smallest absolute Gasteiger partial charge is 0.293 e. The number of nitro benzene ring substituents is 1. The fourth-order valence-electron chi connectivity index (χ4n) is 11.6. The summed E-state index contributed by atoms with van der Waals surface area (Å²) in [6, 6.07) is 24.4. The molecule has 2 aromatic heterocycles. The topological polar surface area (TPSA) is 194 Å². The number of benzene rings is 4. The van der Waals surface area contributed by atoms with Crippen molar-refractivity contribution in [3.05, 3.63) is 136 Å². The van der Waals surface area contributed by atoms with Gasteiger partial charge in [-0.05, 0) is 96.2 Å². The summed E-state index contributed by atoms with van der Waals surface area (Å²) in [7, 11) is -1.49. The molecule has 1 spiro atoms. The summed E-state index contributed by atoms with van der Waals surface area (Å²) in [5.74, 6) is -0.116. The number of aromatic amines is 1. The zero-order valence-corrected chi connectivity index (χ0v) is 44.0. The number of alkyl halides is 1. The van der Waals surface area contributed by atoms with Gasteiger partial charge in [0.25, 0.3) is 21.6 Å². The molecule has 4 fully saturated rings. The molecule has 0 bridgehead atoms. The lowest BCUT2D eigenvalue weighted by atomic mass is 9.59. The molecule has 3 saturated heterocycles. The van der Waals surface area contributed by atoms with Crippen LogP contribution in [0.3, 0.4) is 0 Å². The van der Waals surface area contributed by atoms with E-state index in [9.17, 15) is 23.3 Å². The number of pyridine rings is 1. The number of hydrogen-bond acceptors (Lipinski definition) is 14. The molecule has 4 aliphatic rings. The van der Waals surface area contributed by atoms with Crippen molar-refractivity contribution in [3.63, 3.8) is 0 Å². The van der Waals surface area contributed by atoms with Gasteiger partial charge in [-0.2, -0.15) is 0 Å².